The number of halogens is 2. The van der Waals surface area contributed by atoms with Crippen LogP contribution in [-0.4, -0.2) is 14.4 Å². The van der Waals surface area contributed by atoms with E-state index in [-0.39, 0.29) is 8.22 Å². The van der Waals surface area contributed by atoms with E-state index in [9.17, 15) is 4.79 Å². The third kappa shape index (κ3) is 33.2. The summed E-state index contributed by atoms with van der Waals surface area (Å²) in [6.45, 7) is 4.57. The van der Waals surface area contributed by atoms with E-state index in [2.05, 4.69) is 59.0 Å². The molecule has 0 aromatic carbocycles. The summed E-state index contributed by atoms with van der Waals surface area (Å²) in [5, 5.41) is 0. The fourth-order valence-electron chi connectivity index (χ4n) is 5.35. The number of carbonyl (C=O) groups is 1. The third-order valence-corrected chi connectivity index (χ3v) is 9.77. The molecule has 0 saturated heterocycles. The van der Waals surface area contributed by atoms with E-state index in [0.717, 1.165) is 25.7 Å². The molecule has 2 atom stereocenters. The molecule has 0 rings (SSSR count). The van der Waals surface area contributed by atoms with Crippen LogP contribution in [0.1, 0.15) is 206 Å². The number of hydrogen-bond acceptors (Lipinski definition) is 3. The fourth-order valence-corrected chi connectivity index (χ4v) is 6.65. The van der Waals surface area contributed by atoms with Gasteiger partial charge < -0.3 is 9.47 Å². The Kier molecular flexibility index (Phi) is 34.8. The van der Waals surface area contributed by atoms with E-state index in [0.29, 0.717) is 0 Å². The third-order valence-electron chi connectivity index (χ3n) is 8.02. The average Bonchev–Trinajstić information content (AvgIpc) is 2.93. The average molecular weight is 791 g/mol. The quantitative estimate of drug-likeness (QED) is 0.0295. The van der Waals surface area contributed by atoms with Crippen LogP contribution in [0.4, 0.5) is 4.79 Å². The van der Waals surface area contributed by atoms with Crippen LogP contribution in [0.2, 0.25) is 0 Å². The second-order valence-corrected chi connectivity index (χ2v) is 14.9. The summed E-state index contributed by atoms with van der Waals surface area (Å²) >= 11 is 4.48. The van der Waals surface area contributed by atoms with Crippen LogP contribution in [0.25, 0.3) is 0 Å². The van der Waals surface area contributed by atoms with Crippen LogP contribution in [0.3, 0.4) is 0 Å². The predicted molar refractivity (Wildman–Crippen MR) is 193 cm³/mol. The highest BCUT2D eigenvalue weighted by molar-refractivity contribution is 14.1. The number of carbonyl (C=O) groups excluding carboxylic acids is 1. The highest BCUT2D eigenvalue weighted by Gasteiger charge is 2.16. The molecule has 0 heterocycles. The minimum Gasteiger partial charge on any atom is -0.420 e. The van der Waals surface area contributed by atoms with Gasteiger partial charge in [-0.3, -0.25) is 0 Å². The van der Waals surface area contributed by atoms with Crippen LogP contribution in [-0.2, 0) is 9.47 Å². The lowest BCUT2D eigenvalue weighted by molar-refractivity contribution is 0.0435. The topological polar surface area (TPSA) is 35.5 Å². The lowest BCUT2D eigenvalue weighted by Crippen LogP contribution is -2.17. The predicted octanol–water partition coefficient (Wildman–Crippen LogP) is 14.4. The summed E-state index contributed by atoms with van der Waals surface area (Å²) in [5.41, 5.74) is 0. The number of alkyl halides is 2. The maximum absolute atomic E-state index is 12.1. The van der Waals surface area contributed by atoms with Gasteiger partial charge in [0.2, 0.25) is 0 Å². The lowest BCUT2D eigenvalue weighted by atomic mass is 10.0. The number of hydrogen-bond donors (Lipinski definition) is 0. The summed E-state index contributed by atoms with van der Waals surface area (Å²) in [6, 6.07) is 0. The Labute approximate surface area is 278 Å². The molecule has 0 saturated carbocycles. The van der Waals surface area contributed by atoms with E-state index in [1.807, 2.05) is 0 Å². The summed E-state index contributed by atoms with van der Waals surface area (Å²) in [4.78, 5) is 12.1. The van der Waals surface area contributed by atoms with Gasteiger partial charge in [0.15, 0.2) is 8.22 Å². The van der Waals surface area contributed by atoms with Gasteiger partial charge in [0.25, 0.3) is 0 Å². The van der Waals surface area contributed by atoms with Gasteiger partial charge in [0.1, 0.15) is 0 Å². The van der Waals surface area contributed by atoms with E-state index in [1.165, 1.54) is 167 Å². The number of ether oxygens (including phenoxy) is 2. The van der Waals surface area contributed by atoms with Crippen LogP contribution < -0.4 is 0 Å². The molecule has 240 valence electrons. The maximum atomic E-state index is 12.1. The van der Waals surface area contributed by atoms with Crippen molar-refractivity contribution in [2.45, 2.75) is 215 Å². The van der Waals surface area contributed by atoms with Crippen molar-refractivity contribution in [3.8, 4) is 0 Å². The molecule has 0 radical (unpaired) electrons. The molecule has 0 aliphatic rings. The smallest absolute Gasteiger partial charge is 0.420 e. The summed E-state index contributed by atoms with van der Waals surface area (Å²) in [7, 11) is 0. The van der Waals surface area contributed by atoms with Gasteiger partial charge in [-0.2, -0.15) is 0 Å². The Morgan fingerprint density at radius 1 is 0.400 bits per heavy atom. The molecular formula is C35H68I2O3. The summed E-state index contributed by atoms with van der Waals surface area (Å²) < 4.78 is 10.8. The van der Waals surface area contributed by atoms with Crippen molar-refractivity contribution in [3.05, 3.63) is 0 Å². The number of unbranched alkanes of at least 4 members (excludes halogenated alkanes) is 26. The lowest BCUT2D eigenvalue weighted by Gasteiger charge is -2.15. The summed E-state index contributed by atoms with van der Waals surface area (Å²) in [5.74, 6) is 0. The van der Waals surface area contributed by atoms with Crippen LogP contribution in [0, 0.1) is 0 Å². The van der Waals surface area contributed by atoms with Crippen molar-refractivity contribution in [2.75, 3.05) is 0 Å². The molecule has 40 heavy (non-hydrogen) atoms. The Morgan fingerprint density at radius 3 is 0.825 bits per heavy atom. The molecule has 0 aliphatic heterocycles. The first kappa shape index (κ1) is 40.7. The molecule has 0 aromatic rings. The van der Waals surface area contributed by atoms with Gasteiger partial charge in [-0.1, -0.05) is 181 Å². The van der Waals surface area contributed by atoms with Gasteiger partial charge in [-0.05, 0) is 70.9 Å². The monoisotopic (exact) mass is 790 g/mol. The van der Waals surface area contributed by atoms with Crippen molar-refractivity contribution in [1.29, 1.82) is 0 Å². The molecular weight excluding hydrogens is 722 g/mol. The standard InChI is InChI=1S/C35H68I2O3/c1-3-5-7-9-11-13-15-17-19-21-23-25-27-29-31-33(36)39-35(38)40-34(37)32-30-28-26-24-22-20-18-16-14-12-10-8-6-4-2/h33-34H,3-32H2,1-2H3. The Morgan fingerprint density at radius 2 is 0.600 bits per heavy atom. The van der Waals surface area contributed by atoms with Gasteiger partial charge in [0.05, 0.1) is 0 Å². The first-order valence-electron chi connectivity index (χ1n) is 17.8. The fraction of sp³-hybridized carbons (Fsp3) is 0.971. The van der Waals surface area contributed by atoms with Crippen LogP contribution >= 0.6 is 45.2 Å². The van der Waals surface area contributed by atoms with E-state index in [4.69, 9.17) is 9.47 Å². The zero-order valence-electron chi connectivity index (χ0n) is 26.8. The highest BCUT2D eigenvalue weighted by atomic mass is 127. The van der Waals surface area contributed by atoms with Gasteiger partial charge in [0, 0.05) is 0 Å². The maximum Gasteiger partial charge on any atom is 0.510 e. The zero-order valence-corrected chi connectivity index (χ0v) is 31.2. The molecule has 0 bridgehead atoms. The molecule has 2 unspecified atom stereocenters. The minimum absolute atomic E-state index is 0.0768. The SMILES string of the molecule is CCCCCCCCCCCCCCCCC(I)OC(=O)OC(I)CCCCCCCCCCCCCCCC. The first-order valence-corrected chi connectivity index (χ1v) is 20.2. The van der Waals surface area contributed by atoms with Crippen molar-refractivity contribution in [1.82, 2.24) is 0 Å². The molecule has 0 N–H and O–H groups in total. The molecule has 0 aliphatic carbocycles. The zero-order chi connectivity index (χ0) is 29.4. The second-order valence-electron chi connectivity index (χ2n) is 12.1. The van der Waals surface area contributed by atoms with Crippen molar-refractivity contribution in [2.24, 2.45) is 0 Å². The van der Waals surface area contributed by atoms with Crippen molar-refractivity contribution < 1.29 is 14.3 Å². The molecule has 0 fully saturated rings. The van der Waals surface area contributed by atoms with Crippen LogP contribution in [0.15, 0.2) is 0 Å². The normalized spacial score (nSPS) is 12.9. The van der Waals surface area contributed by atoms with E-state index < -0.39 is 6.16 Å². The van der Waals surface area contributed by atoms with Gasteiger partial charge in [-0.15, -0.1) is 0 Å². The largest absolute Gasteiger partial charge is 0.510 e. The van der Waals surface area contributed by atoms with E-state index in [1.54, 1.807) is 0 Å². The number of rotatable bonds is 32. The molecule has 0 aromatic heterocycles. The van der Waals surface area contributed by atoms with Crippen LogP contribution in [0.5, 0.6) is 0 Å². The summed E-state index contributed by atoms with van der Waals surface area (Å²) in [6.07, 6.45) is 39.6. The molecule has 3 nitrogen and oxygen atoms in total. The minimum atomic E-state index is -0.491. The highest BCUT2D eigenvalue weighted by Crippen LogP contribution is 2.20. The molecule has 0 amide bonds. The van der Waals surface area contributed by atoms with Crippen molar-refractivity contribution >= 4 is 51.3 Å². The Balaban J connectivity index is 3.40. The second kappa shape index (κ2) is 34.2. The first-order chi connectivity index (χ1) is 19.6. The van der Waals surface area contributed by atoms with Gasteiger partial charge >= 0.3 is 6.16 Å². The molecule has 5 heteroatoms. The van der Waals surface area contributed by atoms with Crippen molar-refractivity contribution in [3.63, 3.8) is 0 Å². The van der Waals surface area contributed by atoms with Gasteiger partial charge in [-0.25, -0.2) is 4.79 Å². The Hall–Kier alpha value is 0.730. The van der Waals surface area contributed by atoms with E-state index >= 15 is 0 Å². The molecule has 0 spiro atoms. The Bertz CT molecular complexity index is 461.